The van der Waals surface area contributed by atoms with Crippen LogP contribution in [0.1, 0.15) is 0 Å². The van der Waals surface area contributed by atoms with Crippen LogP contribution in [0, 0.1) is 0 Å². The fraction of sp³-hybridized carbons (Fsp3) is 0. The molecule has 5 nitrogen and oxygen atoms in total. The first-order valence-electron chi connectivity index (χ1n) is 1.34. The zero-order valence-corrected chi connectivity index (χ0v) is 5.96. The van der Waals surface area contributed by atoms with E-state index in [4.69, 9.17) is 5.73 Å². The largest absolute Gasteiger partial charge is 0.386 e. The molecule has 7 heavy (non-hydrogen) atoms. The van der Waals surface area contributed by atoms with Crippen molar-refractivity contribution < 1.29 is 20.4 Å². The first-order valence-corrected chi connectivity index (χ1v) is 1.34. The molecule has 1 aromatic rings. The van der Waals surface area contributed by atoms with Gasteiger partial charge in [0.1, 0.15) is 5.95 Å². The van der Waals surface area contributed by atoms with Gasteiger partial charge < -0.3 is 10.8 Å². The summed E-state index contributed by atoms with van der Waals surface area (Å²) < 4.78 is 0. The Morgan fingerprint density at radius 1 is 1.57 bits per heavy atom. The van der Waals surface area contributed by atoms with Gasteiger partial charge in [0.15, 0.2) is 0 Å². The van der Waals surface area contributed by atoms with Gasteiger partial charge in [-0.15, -0.1) is 0 Å². The maximum Gasteiger partial charge on any atom is 0.128 e. The summed E-state index contributed by atoms with van der Waals surface area (Å²) in [7, 11) is 0. The molecule has 0 aliphatic rings. The second kappa shape index (κ2) is 2.66. The van der Waals surface area contributed by atoms with Crippen molar-refractivity contribution in [3.8, 4) is 0 Å². The third-order valence-electron chi connectivity index (χ3n) is 0.334. The molecule has 1 aromatic heterocycles. The number of tetrazole rings is 1. The zero-order valence-electron chi connectivity index (χ0n) is 3.24. The van der Waals surface area contributed by atoms with E-state index in [1.165, 1.54) is 0 Å². The van der Waals surface area contributed by atoms with Crippen LogP contribution < -0.4 is 10.9 Å². The van der Waals surface area contributed by atoms with E-state index in [1.807, 2.05) is 0 Å². The molecule has 0 unspecified atom stereocenters. The molecule has 0 atom stereocenters. The van der Waals surface area contributed by atoms with Gasteiger partial charge in [-0.1, -0.05) is 0 Å². The van der Waals surface area contributed by atoms with Crippen LogP contribution in [0.15, 0.2) is 0 Å². The van der Waals surface area contributed by atoms with Crippen LogP contribution in [0.25, 0.3) is 0 Å². The Balaban J connectivity index is 0.000000360. The minimum absolute atomic E-state index is 0. The number of hydrogen-bond acceptors (Lipinski definition) is 4. The molecule has 1 radical (unpaired) electrons. The molecule has 0 aromatic carbocycles. The van der Waals surface area contributed by atoms with Crippen LogP contribution >= 0.6 is 0 Å². The van der Waals surface area contributed by atoms with Gasteiger partial charge in [0.05, 0.1) is 0 Å². The van der Waals surface area contributed by atoms with E-state index in [2.05, 4.69) is 20.6 Å². The number of anilines is 1. The van der Waals surface area contributed by atoms with Crippen LogP contribution in [0.2, 0.25) is 0 Å². The maximum atomic E-state index is 4.93. The van der Waals surface area contributed by atoms with E-state index in [1.54, 1.807) is 0 Å². The van der Waals surface area contributed by atoms with E-state index >= 15 is 0 Å². The van der Waals surface area contributed by atoms with Crippen molar-refractivity contribution in [2.75, 3.05) is 5.73 Å². The van der Waals surface area contributed by atoms with Crippen LogP contribution in [0.5, 0.6) is 0 Å². The van der Waals surface area contributed by atoms with Gasteiger partial charge >= 0.3 is 0 Å². The summed E-state index contributed by atoms with van der Waals surface area (Å²) in [6.07, 6.45) is 0. The van der Waals surface area contributed by atoms with Gasteiger partial charge in [-0.05, 0) is 0 Å². The smallest absolute Gasteiger partial charge is 0.128 e. The van der Waals surface area contributed by atoms with E-state index in [-0.39, 0.29) is 26.4 Å². The molecule has 0 amide bonds. The van der Waals surface area contributed by atoms with Crippen molar-refractivity contribution in [3.63, 3.8) is 0 Å². The van der Waals surface area contributed by atoms with Crippen LogP contribution in [-0.4, -0.2) is 15.4 Å². The van der Waals surface area contributed by atoms with Crippen LogP contribution in [0.4, 0.5) is 5.95 Å². The summed E-state index contributed by atoms with van der Waals surface area (Å²) in [6, 6.07) is 0. The van der Waals surface area contributed by atoms with Gasteiger partial charge in [0, 0.05) is 20.4 Å². The molecule has 1 heterocycles. The van der Waals surface area contributed by atoms with E-state index in [0.29, 0.717) is 0 Å². The van der Waals surface area contributed by atoms with Crippen molar-refractivity contribution >= 4 is 5.95 Å². The summed E-state index contributed by atoms with van der Waals surface area (Å²) >= 11 is 0. The molecule has 0 aliphatic carbocycles. The molecule has 2 N–H and O–H groups in total. The first kappa shape index (κ1) is 6.53. The van der Waals surface area contributed by atoms with Gasteiger partial charge in [-0.2, -0.15) is 0 Å². The van der Waals surface area contributed by atoms with Gasteiger partial charge in [-0.3, -0.25) is 10.4 Å². The number of nitrogens with zero attached hydrogens (tertiary/aromatic N) is 4. The number of nitrogen functional groups attached to an aromatic ring is 1. The first-order chi connectivity index (χ1) is 2.89. The van der Waals surface area contributed by atoms with E-state index < -0.39 is 0 Å². The zero-order chi connectivity index (χ0) is 4.41. The van der Waals surface area contributed by atoms with Crippen molar-refractivity contribution in [1.82, 2.24) is 20.6 Å². The summed E-state index contributed by atoms with van der Waals surface area (Å²) in [5, 5.41) is 12.6. The average Bonchev–Trinajstić information content (AvgIpc) is 1.86. The standard InChI is InChI=1S/CH2N5.Re/c2-1-3-5-6-4-1;/h(H2-,2,3,4,5,6);/q-1;. The predicted molar refractivity (Wildman–Crippen MR) is 17.6 cm³/mol. The minimum Gasteiger partial charge on any atom is -0.386 e. The molecule has 0 bridgehead atoms. The Morgan fingerprint density at radius 2 is 2.29 bits per heavy atom. The molecule has 0 fully saturated rings. The Bertz CT molecular complexity index is 112. The number of rotatable bonds is 0. The molecule has 1 rings (SSSR count). The molecule has 0 spiro atoms. The number of hydrogen-bond donors (Lipinski definition) is 1. The van der Waals surface area contributed by atoms with E-state index in [0.717, 1.165) is 0 Å². The average molecular weight is 270 g/mol. The van der Waals surface area contributed by atoms with Crippen molar-refractivity contribution in [2.24, 2.45) is 0 Å². The molecule has 39 valence electrons. The summed E-state index contributed by atoms with van der Waals surface area (Å²) in [4.78, 5) is 0. The molecule has 0 saturated heterocycles. The second-order valence-electron chi connectivity index (χ2n) is 0.737. The fourth-order valence-electron chi connectivity index (χ4n) is 0.152. The van der Waals surface area contributed by atoms with Crippen LogP contribution in [-0.2, 0) is 20.4 Å². The minimum atomic E-state index is 0. The van der Waals surface area contributed by atoms with E-state index in [9.17, 15) is 0 Å². The Labute approximate surface area is 53.3 Å². The van der Waals surface area contributed by atoms with Crippen molar-refractivity contribution in [1.29, 1.82) is 0 Å². The summed E-state index contributed by atoms with van der Waals surface area (Å²) in [5.41, 5.74) is 4.93. The third-order valence-corrected chi connectivity index (χ3v) is 0.334. The Morgan fingerprint density at radius 3 is 2.43 bits per heavy atom. The van der Waals surface area contributed by atoms with Gasteiger partial charge in [-0.25, -0.2) is 5.10 Å². The summed E-state index contributed by atoms with van der Waals surface area (Å²) in [5.74, 6) is 0.120. The van der Waals surface area contributed by atoms with Gasteiger partial charge in [0.2, 0.25) is 0 Å². The Kier molecular flexibility index (Phi) is 2.49. The topological polar surface area (TPSA) is 78.8 Å². The third kappa shape index (κ3) is 1.62. The predicted octanol–water partition coefficient (Wildman–Crippen LogP) is -1.59. The Hall–Kier alpha value is -0.468. The molecule has 0 saturated carbocycles. The van der Waals surface area contributed by atoms with Gasteiger partial charge in [0.25, 0.3) is 0 Å². The summed E-state index contributed by atoms with van der Waals surface area (Å²) in [6.45, 7) is 0. The van der Waals surface area contributed by atoms with Crippen LogP contribution in [0.3, 0.4) is 0 Å². The fourth-order valence-corrected chi connectivity index (χ4v) is 0.152. The number of nitrogens with two attached hydrogens (primary N) is 1. The normalized spacial score (nSPS) is 7.43. The molecule has 0 aliphatic heterocycles. The quantitative estimate of drug-likeness (QED) is 0.615. The van der Waals surface area contributed by atoms with Crippen molar-refractivity contribution in [2.45, 2.75) is 0 Å². The monoisotopic (exact) mass is 271 g/mol. The maximum absolute atomic E-state index is 4.93. The molecular weight excluding hydrogens is 268 g/mol. The SMILES string of the molecule is Nc1nn[n-]n1.[Re]. The van der Waals surface area contributed by atoms with Crippen molar-refractivity contribution in [3.05, 3.63) is 0 Å². The molecular formula is CH2N5Re-. The second-order valence-corrected chi connectivity index (χ2v) is 0.737. The number of aromatic nitrogens is 4. The molecule has 6 heteroatoms.